The van der Waals surface area contributed by atoms with Crippen LogP contribution in [0.25, 0.3) is 0 Å². The molecule has 5 heteroatoms. The smallest absolute Gasteiger partial charge is 0.255 e. The molecule has 0 aliphatic carbocycles. The van der Waals surface area contributed by atoms with Gasteiger partial charge in [0, 0.05) is 28.0 Å². The Hall–Kier alpha value is -2.20. The predicted molar refractivity (Wildman–Crippen MR) is 76.8 cm³/mol. The van der Waals surface area contributed by atoms with E-state index >= 15 is 0 Å². The third-order valence-electron chi connectivity index (χ3n) is 2.51. The van der Waals surface area contributed by atoms with E-state index in [4.69, 9.17) is 22.1 Å². The highest BCUT2D eigenvalue weighted by Gasteiger charge is 2.08. The highest BCUT2D eigenvalue weighted by molar-refractivity contribution is 6.31. The van der Waals surface area contributed by atoms with Crippen molar-refractivity contribution in [3.05, 3.63) is 53.1 Å². The SMILES string of the molecule is COc1cccc(NC(=O)c2cc(N)cc(Cl)c2)c1. The summed E-state index contributed by atoms with van der Waals surface area (Å²) in [5.74, 6) is 0.394. The zero-order valence-electron chi connectivity index (χ0n) is 10.3. The Morgan fingerprint density at radius 2 is 2.05 bits per heavy atom. The first-order chi connectivity index (χ1) is 9.08. The van der Waals surface area contributed by atoms with Gasteiger partial charge in [-0.2, -0.15) is 0 Å². The summed E-state index contributed by atoms with van der Waals surface area (Å²) in [4.78, 5) is 12.1. The molecule has 3 N–H and O–H groups in total. The minimum Gasteiger partial charge on any atom is -0.497 e. The lowest BCUT2D eigenvalue weighted by Gasteiger charge is -2.08. The largest absolute Gasteiger partial charge is 0.497 e. The second kappa shape index (κ2) is 5.63. The van der Waals surface area contributed by atoms with Crippen molar-refractivity contribution >= 4 is 28.9 Å². The van der Waals surface area contributed by atoms with Crippen molar-refractivity contribution in [2.24, 2.45) is 0 Å². The first kappa shape index (κ1) is 13.2. The molecule has 2 aromatic rings. The molecule has 0 spiro atoms. The third kappa shape index (κ3) is 3.39. The molecule has 0 saturated carbocycles. The first-order valence-electron chi connectivity index (χ1n) is 5.60. The number of nitrogens with one attached hydrogen (secondary N) is 1. The van der Waals surface area contributed by atoms with E-state index in [0.29, 0.717) is 27.7 Å². The van der Waals surface area contributed by atoms with Crippen molar-refractivity contribution < 1.29 is 9.53 Å². The van der Waals surface area contributed by atoms with Gasteiger partial charge in [0.15, 0.2) is 0 Å². The van der Waals surface area contributed by atoms with Crippen molar-refractivity contribution in [1.29, 1.82) is 0 Å². The predicted octanol–water partition coefficient (Wildman–Crippen LogP) is 3.18. The van der Waals surface area contributed by atoms with Crippen molar-refractivity contribution in [2.45, 2.75) is 0 Å². The quantitative estimate of drug-likeness (QED) is 0.846. The van der Waals surface area contributed by atoms with Gasteiger partial charge in [-0.3, -0.25) is 4.79 Å². The number of methoxy groups -OCH3 is 1. The minimum absolute atomic E-state index is 0.276. The van der Waals surface area contributed by atoms with Gasteiger partial charge in [0.1, 0.15) is 5.75 Å². The average Bonchev–Trinajstić information content (AvgIpc) is 2.37. The molecule has 2 rings (SSSR count). The number of carbonyl (C=O) groups is 1. The van der Waals surface area contributed by atoms with Gasteiger partial charge >= 0.3 is 0 Å². The number of nitrogen functional groups attached to an aromatic ring is 1. The van der Waals surface area contributed by atoms with Crippen LogP contribution in [0.5, 0.6) is 5.75 Å². The van der Waals surface area contributed by atoms with Crippen LogP contribution in [0.2, 0.25) is 5.02 Å². The molecular weight excluding hydrogens is 264 g/mol. The molecular formula is C14H13ClN2O2. The monoisotopic (exact) mass is 276 g/mol. The number of halogens is 1. The maximum atomic E-state index is 12.1. The lowest BCUT2D eigenvalue weighted by molar-refractivity contribution is 0.102. The number of nitrogens with two attached hydrogens (primary N) is 1. The number of hydrogen-bond donors (Lipinski definition) is 2. The minimum atomic E-state index is -0.276. The third-order valence-corrected chi connectivity index (χ3v) is 2.73. The Morgan fingerprint density at radius 3 is 2.74 bits per heavy atom. The van der Waals surface area contributed by atoms with Crippen LogP contribution in [0.15, 0.2) is 42.5 Å². The van der Waals surface area contributed by atoms with Crippen LogP contribution in [0.4, 0.5) is 11.4 Å². The van der Waals surface area contributed by atoms with E-state index in [-0.39, 0.29) is 5.91 Å². The van der Waals surface area contributed by atoms with E-state index < -0.39 is 0 Å². The molecule has 4 nitrogen and oxygen atoms in total. The summed E-state index contributed by atoms with van der Waals surface area (Å²) in [6, 6.07) is 11.8. The molecule has 98 valence electrons. The molecule has 0 radical (unpaired) electrons. The summed E-state index contributed by atoms with van der Waals surface area (Å²) in [6.07, 6.45) is 0. The average molecular weight is 277 g/mol. The summed E-state index contributed by atoms with van der Waals surface area (Å²) in [7, 11) is 1.57. The molecule has 19 heavy (non-hydrogen) atoms. The van der Waals surface area contributed by atoms with Crippen LogP contribution in [-0.4, -0.2) is 13.0 Å². The zero-order chi connectivity index (χ0) is 13.8. The topological polar surface area (TPSA) is 64.3 Å². The van der Waals surface area contributed by atoms with E-state index in [1.807, 2.05) is 0 Å². The molecule has 0 unspecified atom stereocenters. The number of carbonyl (C=O) groups excluding carboxylic acids is 1. The maximum absolute atomic E-state index is 12.1. The van der Waals surface area contributed by atoms with Gasteiger partial charge < -0.3 is 15.8 Å². The molecule has 0 aliphatic heterocycles. The summed E-state index contributed by atoms with van der Waals surface area (Å²) in [5.41, 5.74) is 7.15. The van der Waals surface area contributed by atoms with Crippen LogP contribution < -0.4 is 15.8 Å². The number of hydrogen-bond acceptors (Lipinski definition) is 3. The molecule has 2 aromatic carbocycles. The number of ether oxygens (including phenoxy) is 1. The Morgan fingerprint density at radius 1 is 1.26 bits per heavy atom. The van der Waals surface area contributed by atoms with Crippen molar-refractivity contribution in [3.8, 4) is 5.75 Å². The first-order valence-corrected chi connectivity index (χ1v) is 5.98. The van der Waals surface area contributed by atoms with Gasteiger partial charge in [-0.25, -0.2) is 0 Å². The molecule has 0 atom stereocenters. The standard InChI is InChI=1S/C14H13ClN2O2/c1-19-13-4-2-3-12(8-13)17-14(18)9-5-10(15)7-11(16)6-9/h2-8H,16H2,1H3,(H,17,18). The van der Waals surface area contributed by atoms with Gasteiger partial charge in [0.25, 0.3) is 5.91 Å². The Labute approximate surface area is 116 Å². The van der Waals surface area contributed by atoms with E-state index in [0.717, 1.165) is 0 Å². The van der Waals surface area contributed by atoms with Crippen LogP contribution in [-0.2, 0) is 0 Å². The van der Waals surface area contributed by atoms with Crippen LogP contribution in [0.1, 0.15) is 10.4 Å². The van der Waals surface area contributed by atoms with Crippen molar-refractivity contribution in [3.63, 3.8) is 0 Å². The fourth-order valence-electron chi connectivity index (χ4n) is 1.65. The number of anilines is 2. The molecule has 0 saturated heterocycles. The van der Waals surface area contributed by atoms with E-state index in [1.165, 1.54) is 0 Å². The Bertz CT molecular complexity index is 594. The summed E-state index contributed by atoms with van der Waals surface area (Å²) >= 11 is 5.86. The molecule has 0 bridgehead atoms. The Balaban J connectivity index is 2.20. The maximum Gasteiger partial charge on any atom is 0.255 e. The van der Waals surface area contributed by atoms with Crippen LogP contribution in [0.3, 0.4) is 0 Å². The zero-order valence-corrected chi connectivity index (χ0v) is 11.1. The number of benzene rings is 2. The van der Waals surface area contributed by atoms with Crippen LogP contribution >= 0.6 is 11.6 Å². The molecule has 0 aliphatic rings. The van der Waals surface area contributed by atoms with Gasteiger partial charge in [-0.1, -0.05) is 17.7 Å². The second-order valence-electron chi connectivity index (χ2n) is 3.96. The van der Waals surface area contributed by atoms with Crippen molar-refractivity contribution in [1.82, 2.24) is 0 Å². The normalized spacial score (nSPS) is 10.0. The van der Waals surface area contributed by atoms with Gasteiger partial charge in [0.2, 0.25) is 0 Å². The summed E-state index contributed by atoms with van der Waals surface area (Å²) in [5, 5.41) is 3.18. The van der Waals surface area contributed by atoms with E-state index in [1.54, 1.807) is 49.6 Å². The number of rotatable bonds is 3. The molecule has 0 fully saturated rings. The van der Waals surface area contributed by atoms with Crippen LogP contribution in [0, 0.1) is 0 Å². The molecule has 0 heterocycles. The van der Waals surface area contributed by atoms with Gasteiger partial charge in [-0.05, 0) is 30.3 Å². The fraction of sp³-hybridized carbons (Fsp3) is 0.0714. The van der Waals surface area contributed by atoms with E-state index in [2.05, 4.69) is 5.32 Å². The van der Waals surface area contributed by atoms with E-state index in [9.17, 15) is 4.79 Å². The highest BCUT2D eigenvalue weighted by Crippen LogP contribution is 2.20. The van der Waals surface area contributed by atoms with Crippen molar-refractivity contribution in [2.75, 3.05) is 18.2 Å². The number of amides is 1. The summed E-state index contributed by atoms with van der Waals surface area (Å²) < 4.78 is 5.09. The highest BCUT2D eigenvalue weighted by atomic mass is 35.5. The summed E-state index contributed by atoms with van der Waals surface area (Å²) in [6.45, 7) is 0. The molecule has 0 aromatic heterocycles. The Kier molecular flexibility index (Phi) is 3.92. The van der Waals surface area contributed by atoms with Gasteiger partial charge in [0.05, 0.1) is 7.11 Å². The lowest BCUT2D eigenvalue weighted by atomic mass is 10.2. The second-order valence-corrected chi connectivity index (χ2v) is 4.40. The fourth-order valence-corrected chi connectivity index (χ4v) is 1.89. The molecule has 1 amide bonds. The lowest BCUT2D eigenvalue weighted by Crippen LogP contribution is -2.12. The van der Waals surface area contributed by atoms with Gasteiger partial charge in [-0.15, -0.1) is 0 Å².